The molecule has 4 heteroatoms. The highest BCUT2D eigenvalue weighted by molar-refractivity contribution is 5.81. The predicted octanol–water partition coefficient (Wildman–Crippen LogP) is 2.79. The normalized spacial score (nSPS) is 15.1. The molecule has 1 saturated carbocycles. The average Bonchev–Trinajstić information content (AvgIpc) is 3.39. The smallest absolute Gasteiger partial charge is 0.239 e. The maximum Gasteiger partial charge on any atom is 0.239 e. The van der Waals surface area contributed by atoms with Crippen molar-refractivity contribution in [1.29, 1.82) is 0 Å². The van der Waals surface area contributed by atoms with Crippen LogP contribution in [0.4, 0.5) is 0 Å². The predicted molar refractivity (Wildman–Crippen MR) is 89.9 cm³/mol. The molecular formula is C19H22N2O2. The SMILES string of the molecule is NC(=O)C(NCc1ccccc1OCC1CC1)c1ccccc1. The van der Waals surface area contributed by atoms with Gasteiger partial charge in [0.25, 0.3) is 0 Å². The summed E-state index contributed by atoms with van der Waals surface area (Å²) in [5.74, 6) is 1.20. The zero-order chi connectivity index (χ0) is 16.1. The second kappa shape index (κ2) is 7.29. The third-order valence-electron chi connectivity index (χ3n) is 4.06. The van der Waals surface area contributed by atoms with Gasteiger partial charge in [-0.2, -0.15) is 0 Å². The number of benzene rings is 2. The molecule has 0 spiro atoms. The van der Waals surface area contributed by atoms with Gasteiger partial charge in [0.05, 0.1) is 6.61 Å². The molecule has 23 heavy (non-hydrogen) atoms. The molecule has 0 saturated heterocycles. The van der Waals surface area contributed by atoms with Gasteiger partial charge in [0, 0.05) is 12.1 Å². The Balaban J connectivity index is 1.67. The van der Waals surface area contributed by atoms with Crippen molar-refractivity contribution in [3.05, 3.63) is 65.7 Å². The van der Waals surface area contributed by atoms with Crippen LogP contribution in [0.15, 0.2) is 54.6 Å². The van der Waals surface area contributed by atoms with E-state index in [0.717, 1.165) is 23.5 Å². The molecule has 0 bridgehead atoms. The van der Waals surface area contributed by atoms with Gasteiger partial charge in [-0.05, 0) is 30.4 Å². The Kier molecular flexibility index (Phi) is 4.93. The van der Waals surface area contributed by atoms with Gasteiger partial charge < -0.3 is 10.5 Å². The first-order chi connectivity index (χ1) is 11.2. The van der Waals surface area contributed by atoms with Crippen molar-refractivity contribution >= 4 is 5.91 Å². The number of carbonyl (C=O) groups excluding carboxylic acids is 1. The first-order valence-corrected chi connectivity index (χ1v) is 8.02. The van der Waals surface area contributed by atoms with E-state index in [1.54, 1.807) is 0 Å². The van der Waals surface area contributed by atoms with Crippen LogP contribution in [-0.2, 0) is 11.3 Å². The van der Waals surface area contributed by atoms with Crippen LogP contribution >= 0.6 is 0 Å². The van der Waals surface area contributed by atoms with Crippen molar-refractivity contribution in [1.82, 2.24) is 5.32 Å². The van der Waals surface area contributed by atoms with Gasteiger partial charge >= 0.3 is 0 Å². The Morgan fingerprint density at radius 1 is 1.13 bits per heavy atom. The molecule has 2 aromatic rings. The maximum absolute atomic E-state index is 11.8. The molecule has 3 rings (SSSR count). The minimum absolute atomic E-state index is 0.382. The van der Waals surface area contributed by atoms with Crippen molar-refractivity contribution < 1.29 is 9.53 Å². The van der Waals surface area contributed by atoms with Crippen molar-refractivity contribution in [2.45, 2.75) is 25.4 Å². The van der Waals surface area contributed by atoms with Crippen LogP contribution in [0.2, 0.25) is 0 Å². The summed E-state index contributed by atoms with van der Waals surface area (Å²) in [5, 5.41) is 3.24. The van der Waals surface area contributed by atoms with Gasteiger partial charge in [-0.3, -0.25) is 10.1 Å². The molecule has 0 aromatic heterocycles. The van der Waals surface area contributed by atoms with E-state index in [1.807, 2.05) is 54.6 Å². The number of primary amides is 1. The molecule has 1 aliphatic rings. The summed E-state index contributed by atoms with van der Waals surface area (Å²) in [5.41, 5.74) is 7.45. The van der Waals surface area contributed by atoms with Gasteiger partial charge in [0.2, 0.25) is 5.91 Å². The van der Waals surface area contributed by atoms with Crippen LogP contribution in [-0.4, -0.2) is 12.5 Å². The minimum Gasteiger partial charge on any atom is -0.493 e. The largest absolute Gasteiger partial charge is 0.493 e. The van der Waals surface area contributed by atoms with Crippen LogP contribution < -0.4 is 15.8 Å². The number of ether oxygens (including phenoxy) is 1. The molecular weight excluding hydrogens is 288 g/mol. The van der Waals surface area contributed by atoms with E-state index in [-0.39, 0.29) is 5.91 Å². The number of amides is 1. The standard InChI is InChI=1S/C19H22N2O2/c20-19(22)18(15-6-2-1-3-7-15)21-12-16-8-4-5-9-17(16)23-13-14-10-11-14/h1-9,14,18,21H,10-13H2,(H2,20,22). The van der Waals surface area contributed by atoms with E-state index >= 15 is 0 Å². The summed E-state index contributed by atoms with van der Waals surface area (Å²) >= 11 is 0. The Hall–Kier alpha value is -2.33. The number of para-hydroxylation sites is 1. The van der Waals surface area contributed by atoms with Crippen molar-refractivity contribution in [2.24, 2.45) is 11.7 Å². The summed E-state index contributed by atoms with van der Waals surface area (Å²) in [6, 6.07) is 16.9. The van der Waals surface area contributed by atoms with Crippen LogP contribution in [0.5, 0.6) is 5.75 Å². The Morgan fingerprint density at radius 3 is 2.52 bits per heavy atom. The van der Waals surface area contributed by atoms with Crippen LogP contribution in [0.25, 0.3) is 0 Å². The van der Waals surface area contributed by atoms with Gasteiger partial charge in [0.1, 0.15) is 11.8 Å². The number of hydrogen-bond donors (Lipinski definition) is 2. The highest BCUT2D eigenvalue weighted by Crippen LogP contribution is 2.30. The molecule has 1 aliphatic carbocycles. The fraction of sp³-hybridized carbons (Fsp3) is 0.316. The Labute approximate surface area is 136 Å². The second-order valence-electron chi connectivity index (χ2n) is 5.99. The van der Waals surface area contributed by atoms with Gasteiger partial charge in [-0.15, -0.1) is 0 Å². The number of nitrogens with one attached hydrogen (secondary N) is 1. The van der Waals surface area contributed by atoms with Crippen LogP contribution in [0.1, 0.15) is 30.0 Å². The fourth-order valence-electron chi connectivity index (χ4n) is 2.52. The fourth-order valence-corrected chi connectivity index (χ4v) is 2.52. The molecule has 0 radical (unpaired) electrons. The molecule has 3 N–H and O–H groups in total. The van der Waals surface area contributed by atoms with Gasteiger partial charge in [-0.1, -0.05) is 48.5 Å². The van der Waals surface area contributed by atoms with E-state index in [4.69, 9.17) is 10.5 Å². The third kappa shape index (κ3) is 4.33. The first-order valence-electron chi connectivity index (χ1n) is 8.02. The molecule has 1 amide bonds. The third-order valence-corrected chi connectivity index (χ3v) is 4.06. The summed E-state index contributed by atoms with van der Waals surface area (Å²) in [6.07, 6.45) is 2.52. The number of hydrogen-bond acceptors (Lipinski definition) is 3. The number of carbonyl (C=O) groups is 1. The van der Waals surface area contributed by atoms with Crippen molar-refractivity contribution in [3.8, 4) is 5.75 Å². The molecule has 1 atom stereocenters. The van der Waals surface area contributed by atoms with E-state index < -0.39 is 6.04 Å². The number of nitrogens with two attached hydrogens (primary N) is 1. The Bertz CT molecular complexity index is 653. The molecule has 2 aromatic carbocycles. The quantitative estimate of drug-likeness (QED) is 0.788. The molecule has 0 aliphatic heterocycles. The van der Waals surface area contributed by atoms with Crippen molar-refractivity contribution in [3.63, 3.8) is 0 Å². The average molecular weight is 310 g/mol. The molecule has 1 fully saturated rings. The van der Waals surface area contributed by atoms with Crippen molar-refractivity contribution in [2.75, 3.05) is 6.61 Å². The van der Waals surface area contributed by atoms with E-state index in [9.17, 15) is 4.79 Å². The topological polar surface area (TPSA) is 64.4 Å². The highest BCUT2D eigenvalue weighted by Gasteiger charge is 2.22. The molecule has 120 valence electrons. The van der Waals surface area contributed by atoms with E-state index in [0.29, 0.717) is 12.5 Å². The lowest BCUT2D eigenvalue weighted by Crippen LogP contribution is -2.33. The lowest BCUT2D eigenvalue weighted by molar-refractivity contribution is -0.120. The Morgan fingerprint density at radius 2 is 1.83 bits per heavy atom. The van der Waals surface area contributed by atoms with Crippen LogP contribution in [0, 0.1) is 5.92 Å². The van der Waals surface area contributed by atoms with E-state index in [1.165, 1.54) is 12.8 Å². The zero-order valence-electron chi connectivity index (χ0n) is 13.1. The minimum atomic E-state index is -0.507. The monoisotopic (exact) mass is 310 g/mol. The van der Waals surface area contributed by atoms with Gasteiger partial charge in [-0.25, -0.2) is 0 Å². The summed E-state index contributed by atoms with van der Waals surface area (Å²) in [7, 11) is 0. The lowest BCUT2D eigenvalue weighted by Gasteiger charge is -2.17. The first kappa shape index (κ1) is 15.6. The number of rotatable bonds is 8. The maximum atomic E-state index is 11.8. The lowest BCUT2D eigenvalue weighted by atomic mass is 10.1. The summed E-state index contributed by atoms with van der Waals surface area (Å²) in [6.45, 7) is 1.30. The van der Waals surface area contributed by atoms with E-state index in [2.05, 4.69) is 5.32 Å². The molecule has 4 nitrogen and oxygen atoms in total. The second-order valence-corrected chi connectivity index (χ2v) is 5.99. The summed E-state index contributed by atoms with van der Waals surface area (Å²) in [4.78, 5) is 11.8. The van der Waals surface area contributed by atoms with Gasteiger partial charge in [0.15, 0.2) is 0 Å². The zero-order valence-corrected chi connectivity index (χ0v) is 13.1. The summed E-state index contributed by atoms with van der Waals surface area (Å²) < 4.78 is 5.90. The highest BCUT2D eigenvalue weighted by atomic mass is 16.5. The van der Waals surface area contributed by atoms with Crippen LogP contribution in [0.3, 0.4) is 0 Å². The molecule has 0 heterocycles. The molecule has 1 unspecified atom stereocenters.